The van der Waals surface area contributed by atoms with Crippen molar-refractivity contribution in [1.82, 2.24) is 0 Å². The molecule has 1 amide bonds. The number of amides is 1. The fourth-order valence-electron chi connectivity index (χ4n) is 3.63. The largest absolute Gasteiger partial charge is 0.493 e. The molecular formula is C30H27N3O3. The van der Waals surface area contributed by atoms with Gasteiger partial charge in [0.2, 0.25) is 0 Å². The van der Waals surface area contributed by atoms with Crippen molar-refractivity contribution in [2.24, 2.45) is 0 Å². The Morgan fingerprint density at radius 3 is 2.47 bits per heavy atom. The van der Waals surface area contributed by atoms with Gasteiger partial charge in [0.25, 0.3) is 5.91 Å². The molecule has 0 aliphatic carbocycles. The molecule has 180 valence electrons. The van der Waals surface area contributed by atoms with Crippen LogP contribution in [0.15, 0.2) is 78.9 Å². The van der Waals surface area contributed by atoms with E-state index in [0.29, 0.717) is 34.7 Å². The van der Waals surface area contributed by atoms with Crippen LogP contribution in [0, 0.1) is 22.7 Å². The number of carbonyl (C=O) groups excluding carboxylic acids is 1. The summed E-state index contributed by atoms with van der Waals surface area (Å²) < 4.78 is 11.7. The summed E-state index contributed by atoms with van der Waals surface area (Å²) in [6, 6.07) is 22.4. The zero-order valence-electron chi connectivity index (χ0n) is 20.4. The predicted octanol–water partition coefficient (Wildman–Crippen LogP) is 5.98. The Morgan fingerprint density at radius 2 is 1.83 bits per heavy atom. The van der Waals surface area contributed by atoms with Crippen molar-refractivity contribution in [3.05, 3.63) is 107 Å². The fraction of sp³-hybridized carbons (Fsp3) is 0.167. The van der Waals surface area contributed by atoms with Gasteiger partial charge in [-0.25, -0.2) is 0 Å². The summed E-state index contributed by atoms with van der Waals surface area (Å²) in [6.45, 7) is 6.06. The quantitative estimate of drug-likeness (QED) is 0.220. The number of nitriles is 2. The molecule has 6 nitrogen and oxygen atoms in total. The Kier molecular flexibility index (Phi) is 9.03. The molecule has 0 fully saturated rings. The molecule has 0 spiro atoms. The van der Waals surface area contributed by atoms with E-state index in [9.17, 15) is 15.3 Å². The summed E-state index contributed by atoms with van der Waals surface area (Å²) in [6.07, 6.45) is 4.62. The van der Waals surface area contributed by atoms with Gasteiger partial charge in [-0.1, -0.05) is 43.3 Å². The number of ether oxygens (including phenoxy) is 2. The van der Waals surface area contributed by atoms with Crippen molar-refractivity contribution in [1.29, 1.82) is 10.5 Å². The Balaban J connectivity index is 1.90. The van der Waals surface area contributed by atoms with Gasteiger partial charge in [0.05, 0.1) is 18.7 Å². The van der Waals surface area contributed by atoms with Gasteiger partial charge in [-0.3, -0.25) is 4.79 Å². The molecule has 0 atom stereocenters. The van der Waals surface area contributed by atoms with Crippen LogP contribution in [0.2, 0.25) is 0 Å². The molecule has 3 rings (SSSR count). The van der Waals surface area contributed by atoms with Crippen LogP contribution in [0.1, 0.15) is 34.7 Å². The predicted molar refractivity (Wildman–Crippen MR) is 140 cm³/mol. The Bertz CT molecular complexity index is 1360. The number of rotatable bonds is 10. The van der Waals surface area contributed by atoms with Crippen LogP contribution in [0.5, 0.6) is 11.5 Å². The third-order valence-corrected chi connectivity index (χ3v) is 5.54. The summed E-state index contributed by atoms with van der Waals surface area (Å²) in [7, 11) is 1.52. The van der Waals surface area contributed by atoms with Gasteiger partial charge in [-0.2, -0.15) is 10.5 Å². The number of hydrogen-bond acceptors (Lipinski definition) is 5. The van der Waals surface area contributed by atoms with Crippen LogP contribution >= 0.6 is 0 Å². The number of anilines is 1. The maximum atomic E-state index is 12.8. The van der Waals surface area contributed by atoms with Crippen molar-refractivity contribution >= 4 is 17.7 Å². The van der Waals surface area contributed by atoms with Crippen LogP contribution < -0.4 is 14.8 Å². The lowest BCUT2D eigenvalue weighted by Crippen LogP contribution is -2.13. The molecule has 6 heteroatoms. The number of hydrogen-bond donors (Lipinski definition) is 1. The number of benzene rings is 3. The van der Waals surface area contributed by atoms with Crippen molar-refractivity contribution in [3.8, 4) is 23.6 Å². The van der Waals surface area contributed by atoms with Crippen LogP contribution in [0.3, 0.4) is 0 Å². The van der Waals surface area contributed by atoms with E-state index in [4.69, 9.17) is 9.47 Å². The number of methoxy groups -OCH3 is 1. The molecule has 3 aromatic rings. The maximum absolute atomic E-state index is 12.8. The summed E-state index contributed by atoms with van der Waals surface area (Å²) in [5.74, 6) is 0.462. The Labute approximate surface area is 211 Å². The van der Waals surface area contributed by atoms with E-state index in [1.807, 2.05) is 48.5 Å². The minimum atomic E-state index is -0.501. The molecule has 0 aliphatic rings. The lowest BCUT2D eigenvalue weighted by molar-refractivity contribution is -0.112. The number of nitrogens with one attached hydrogen (secondary N) is 1. The highest BCUT2D eigenvalue weighted by molar-refractivity contribution is 6.09. The molecule has 0 bridgehead atoms. The van der Waals surface area contributed by atoms with E-state index < -0.39 is 5.91 Å². The first-order valence-electron chi connectivity index (χ1n) is 11.5. The first kappa shape index (κ1) is 25.8. The molecule has 0 saturated carbocycles. The second-order valence-corrected chi connectivity index (χ2v) is 7.94. The molecule has 0 saturated heterocycles. The van der Waals surface area contributed by atoms with Gasteiger partial charge in [-0.05, 0) is 60.4 Å². The summed E-state index contributed by atoms with van der Waals surface area (Å²) in [5.41, 5.74) is 4.41. The zero-order chi connectivity index (χ0) is 25.9. The van der Waals surface area contributed by atoms with Crippen LogP contribution in [-0.4, -0.2) is 13.0 Å². The highest BCUT2D eigenvalue weighted by Crippen LogP contribution is 2.35. The molecule has 0 aliphatic heterocycles. The second-order valence-electron chi connectivity index (χ2n) is 7.94. The Morgan fingerprint density at radius 1 is 1.08 bits per heavy atom. The average molecular weight is 478 g/mol. The van der Waals surface area contributed by atoms with Crippen LogP contribution in [0.25, 0.3) is 6.08 Å². The number of nitrogens with zero attached hydrogens (tertiary/aromatic N) is 2. The molecular weight excluding hydrogens is 450 g/mol. The van der Waals surface area contributed by atoms with Gasteiger partial charge < -0.3 is 14.8 Å². The highest BCUT2D eigenvalue weighted by Gasteiger charge is 2.16. The van der Waals surface area contributed by atoms with Crippen molar-refractivity contribution in [2.45, 2.75) is 26.4 Å². The van der Waals surface area contributed by atoms with Crippen LogP contribution in [0.4, 0.5) is 5.69 Å². The minimum absolute atomic E-state index is 0.0437. The summed E-state index contributed by atoms with van der Waals surface area (Å²) in [4.78, 5) is 12.8. The summed E-state index contributed by atoms with van der Waals surface area (Å²) >= 11 is 0. The lowest BCUT2D eigenvalue weighted by atomic mass is 10.0. The van der Waals surface area contributed by atoms with E-state index in [0.717, 1.165) is 23.1 Å². The van der Waals surface area contributed by atoms with E-state index in [1.54, 1.807) is 24.3 Å². The Hall–Kier alpha value is -4.81. The third-order valence-electron chi connectivity index (χ3n) is 5.54. The molecule has 0 radical (unpaired) electrons. The van der Waals surface area contributed by atoms with E-state index in [1.165, 1.54) is 13.2 Å². The number of allylic oxidation sites excluding steroid dienone is 1. The third kappa shape index (κ3) is 6.40. The number of carbonyl (C=O) groups is 1. The second kappa shape index (κ2) is 12.6. The molecule has 3 aromatic carbocycles. The lowest BCUT2D eigenvalue weighted by Gasteiger charge is -2.16. The zero-order valence-corrected chi connectivity index (χ0v) is 20.4. The summed E-state index contributed by atoms with van der Waals surface area (Å²) in [5, 5.41) is 21.8. The molecule has 0 unspecified atom stereocenters. The molecule has 0 heterocycles. The smallest absolute Gasteiger partial charge is 0.266 e. The van der Waals surface area contributed by atoms with E-state index in [-0.39, 0.29) is 12.2 Å². The van der Waals surface area contributed by atoms with Gasteiger partial charge >= 0.3 is 0 Å². The molecule has 36 heavy (non-hydrogen) atoms. The standard InChI is InChI=1S/C30H27N3O3/c1-4-8-23-15-22(16-26(19-32)30(34)33-27-13-11-21(5-2)12-14-27)17-28(35-3)29(23)36-20-25-10-7-6-9-24(25)18-31/h4,6-7,9-17H,1,5,8,20H2,2-3H3,(H,33,34)/b26-16+. The van der Waals surface area contributed by atoms with Gasteiger partial charge in [0.1, 0.15) is 18.2 Å². The van der Waals surface area contributed by atoms with E-state index >= 15 is 0 Å². The topological polar surface area (TPSA) is 95.1 Å². The van der Waals surface area contributed by atoms with E-state index in [2.05, 4.69) is 24.9 Å². The number of aryl methyl sites for hydroxylation is 1. The normalized spacial score (nSPS) is 10.6. The highest BCUT2D eigenvalue weighted by atomic mass is 16.5. The molecule has 0 aromatic heterocycles. The maximum Gasteiger partial charge on any atom is 0.266 e. The van der Waals surface area contributed by atoms with Crippen molar-refractivity contribution in [2.75, 3.05) is 12.4 Å². The van der Waals surface area contributed by atoms with Gasteiger partial charge in [-0.15, -0.1) is 6.58 Å². The monoisotopic (exact) mass is 477 g/mol. The van der Waals surface area contributed by atoms with Gasteiger partial charge in [0.15, 0.2) is 11.5 Å². The SMILES string of the molecule is C=CCc1cc(/C=C(\C#N)C(=O)Nc2ccc(CC)cc2)cc(OC)c1OCc1ccccc1C#N. The molecule has 1 N–H and O–H groups in total. The first-order valence-corrected chi connectivity index (χ1v) is 11.5. The van der Waals surface area contributed by atoms with Crippen molar-refractivity contribution in [3.63, 3.8) is 0 Å². The minimum Gasteiger partial charge on any atom is -0.493 e. The first-order chi connectivity index (χ1) is 17.5. The average Bonchev–Trinajstić information content (AvgIpc) is 2.91. The van der Waals surface area contributed by atoms with Crippen molar-refractivity contribution < 1.29 is 14.3 Å². The van der Waals surface area contributed by atoms with Crippen LogP contribution in [-0.2, 0) is 24.2 Å². The van der Waals surface area contributed by atoms with Gasteiger partial charge in [0, 0.05) is 16.8 Å². The fourth-order valence-corrected chi connectivity index (χ4v) is 3.63.